The van der Waals surface area contributed by atoms with Gasteiger partial charge in [-0.15, -0.1) is 0 Å². The molecule has 0 atom stereocenters. The Kier molecular flexibility index (Phi) is 7.21. The maximum atomic E-state index is 10.0. The Labute approximate surface area is 69.6 Å². The molecule has 1 radical (unpaired) electrons. The van der Waals surface area contributed by atoms with Crippen LogP contribution in [0.1, 0.15) is 39.0 Å². The van der Waals surface area contributed by atoms with Crippen molar-refractivity contribution in [1.29, 1.82) is 0 Å². The Morgan fingerprint density at radius 1 is 1.18 bits per heavy atom. The Morgan fingerprint density at radius 3 is 2.36 bits per heavy atom. The van der Waals surface area contributed by atoms with Crippen molar-refractivity contribution in [2.45, 2.75) is 39.0 Å². The summed E-state index contributed by atoms with van der Waals surface area (Å²) in [7, 11) is 1.77. The summed E-state index contributed by atoms with van der Waals surface area (Å²) in [5, 5.41) is 0. The van der Waals surface area contributed by atoms with Gasteiger partial charge in [0.1, 0.15) is 0 Å². The second-order valence-electron chi connectivity index (χ2n) is 2.93. The highest BCUT2D eigenvalue weighted by atomic mass is 16.1. The predicted molar refractivity (Wildman–Crippen MR) is 47.1 cm³/mol. The summed E-state index contributed by atoms with van der Waals surface area (Å²) in [6.45, 7) is 3.05. The van der Waals surface area contributed by atoms with E-state index in [1.165, 1.54) is 25.7 Å². The zero-order valence-electron chi connectivity index (χ0n) is 7.60. The maximum absolute atomic E-state index is 10.0. The van der Waals surface area contributed by atoms with Crippen LogP contribution < -0.4 is 0 Å². The standard InChI is InChI=1S/C9H18NO/c1-3-4-5-6-7-8-10(2)9-11/h3-8H2,1-2H3. The zero-order chi connectivity index (χ0) is 8.53. The molecular weight excluding hydrogens is 138 g/mol. The molecule has 0 aromatic heterocycles. The Balaban J connectivity index is 2.95. The first kappa shape index (κ1) is 10.5. The van der Waals surface area contributed by atoms with E-state index in [4.69, 9.17) is 0 Å². The van der Waals surface area contributed by atoms with Crippen molar-refractivity contribution in [3.8, 4) is 0 Å². The highest BCUT2D eigenvalue weighted by Crippen LogP contribution is 2.02. The van der Waals surface area contributed by atoms with E-state index >= 15 is 0 Å². The molecule has 0 aliphatic carbocycles. The third kappa shape index (κ3) is 7.37. The van der Waals surface area contributed by atoms with Crippen molar-refractivity contribution in [1.82, 2.24) is 4.90 Å². The van der Waals surface area contributed by atoms with Gasteiger partial charge in [0, 0.05) is 13.6 Å². The lowest BCUT2D eigenvalue weighted by Gasteiger charge is -2.07. The number of nitrogens with zero attached hydrogens (tertiary/aromatic N) is 1. The van der Waals surface area contributed by atoms with Gasteiger partial charge in [-0.2, -0.15) is 0 Å². The smallest absolute Gasteiger partial charge is 0.311 e. The number of hydrogen-bond donors (Lipinski definition) is 0. The number of carbonyl (C=O) groups excluding carboxylic acids is 1. The Morgan fingerprint density at radius 2 is 1.82 bits per heavy atom. The molecular formula is C9H18NO. The van der Waals surface area contributed by atoms with Crippen LogP contribution >= 0.6 is 0 Å². The van der Waals surface area contributed by atoms with Gasteiger partial charge in [0.25, 0.3) is 0 Å². The first-order chi connectivity index (χ1) is 5.31. The first-order valence-corrected chi connectivity index (χ1v) is 4.40. The maximum Gasteiger partial charge on any atom is 0.311 e. The molecule has 0 saturated heterocycles. The van der Waals surface area contributed by atoms with Gasteiger partial charge in [-0.1, -0.05) is 32.6 Å². The van der Waals surface area contributed by atoms with Gasteiger partial charge in [0.05, 0.1) is 0 Å². The summed E-state index contributed by atoms with van der Waals surface area (Å²) in [5.41, 5.74) is 0. The van der Waals surface area contributed by atoms with E-state index in [1.807, 2.05) is 6.41 Å². The van der Waals surface area contributed by atoms with E-state index in [-0.39, 0.29) is 0 Å². The molecule has 0 aliphatic heterocycles. The average molecular weight is 156 g/mol. The van der Waals surface area contributed by atoms with Gasteiger partial charge in [-0.05, 0) is 6.42 Å². The summed E-state index contributed by atoms with van der Waals surface area (Å²) < 4.78 is 0. The summed E-state index contributed by atoms with van der Waals surface area (Å²) in [6, 6.07) is 0. The summed E-state index contributed by atoms with van der Waals surface area (Å²) in [5.74, 6) is 0. The molecule has 0 heterocycles. The summed E-state index contributed by atoms with van der Waals surface area (Å²) in [6.07, 6.45) is 8.07. The average Bonchev–Trinajstić information content (AvgIpc) is 2.04. The first-order valence-electron chi connectivity index (χ1n) is 4.40. The molecule has 0 bridgehead atoms. The molecule has 65 valence electrons. The van der Waals surface area contributed by atoms with Crippen molar-refractivity contribution in [2.75, 3.05) is 13.6 Å². The van der Waals surface area contributed by atoms with Crippen LogP contribution in [-0.4, -0.2) is 24.9 Å². The molecule has 0 saturated carbocycles. The topological polar surface area (TPSA) is 20.3 Å². The largest absolute Gasteiger partial charge is 0.338 e. The zero-order valence-corrected chi connectivity index (χ0v) is 7.60. The van der Waals surface area contributed by atoms with Gasteiger partial charge >= 0.3 is 6.41 Å². The number of amides is 1. The van der Waals surface area contributed by atoms with E-state index in [2.05, 4.69) is 6.92 Å². The second-order valence-corrected chi connectivity index (χ2v) is 2.93. The molecule has 0 N–H and O–H groups in total. The van der Waals surface area contributed by atoms with Crippen LogP contribution in [0.3, 0.4) is 0 Å². The SMILES string of the molecule is CCCCCCCN(C)[C]=O. The quantitative estimate of drug-likeness (QED) is 0.407. The van der Waals surface area contributed by atoms with Gasteiger partial charge in [0.15, 0.2) is 0 Å². The van der Waals surface area contributed by atoms with Crippen LogP contribution in [-0.2, 0) is 4.79 Å². The number of unbranched alkanes of at least 4 members (excludes halogenated alkanes) is 4. The predicted octanol–water partition coefficient (Wildman–Crippen LogP) is 1.96. The highest BCUT2D eigenvalue weighted by Gasteiger charge is 1.93. The minimum Gasteiger partial charge on any atom is -0.338 e. The molecule has 2 nitrogen and oxygen atoms in total. The fraction of sp³-hybridized carbons (Fsp3) is 0.889. The van der Waals surface area contributed by atoms with Gasteiger partial charge in [0.2, 0.25) is 0 Å². The van der Waals surface area contributed by atoms with Crippen LogP contribution in [0.2, 0.25) is 0 Å². The fourth-order valence-electron chi connectivity index (χ4n) is 0.998. The van der Waals surface area contributed by atoms with Crippen LogP contribution in [0, 0.1) is 0 Å². The molecule has 0 aromatic rings. The van der Waals surface area contributed by atoms with E-state index in [9.17, 15) is 4.79 Å². The van der Waals surface area contributed by atoms with E-state index in [0.717, 1.165) is 13.0 Å². The summed E-state index contributed by atoms with van der Waals surface area (Å²) in [4.78, 5) is 11.6. The normalized spacial score (nSPS) is 9.64. The van der Waals surface area contributed by atoms with Gasteiger partial charge in [-0.25, -0.2) is 0 Å². The lowest BCUT2D eigenvalue weighted by molar-refractivity contribution is 0.419. The van der Waals surface area contributed by atoms with Crippen molar-refractivity contribution < 1.29 is 4.79 Å². The molecule has 11 heavy (non-hydrogen) atoms. The van der Waals surface area contributed by atoms with Crippen LogP contribution in [0.4, 0.5) is 0 Å². The second kappa shape index (κ2) is 7.58. The number of hydrogen-bond acceptors (Lipinski definition) is 1. The molecule has 0 unspecified atom stereocenters. The van der Waals surface area contributed by atoms with Crippen LogP contribution in [0.25, 0.3) is 0 Å². The Hall–Kier alpha value is -0.530. The summed E-state index contributed by atoms with van der Waals surface area (Å²) >= 11 is 0. The molecule has 0 rings (SSSR count). The molecule has 0 aromatic carbocycles. The molecule has 2 heteroatoms. The van der Waals surface area contributed by atoms with Crippen molar-refractivity contribution >= 4 is 6.41 Å². The molecule has 1 amide bonds. The van der Waals surface area contributed by atoms with E-state index in [0.29, 0.717) is 0 Å². The minimum absolute atomic E-state index is 0.854. The number of rotatable bonds is 7. The van der Waals surface area contributed by atoms with E-state index < -0.39 is 0 Å². The molecule has 0 spiro atoms. The molecule has 0 aliphatic rings. The van der Waals surface area contributed by atoms with Crippen molar-refractivity contribution in [3.63, 3.8) is 0 Å². The van der Waals surface area contributed by atoms with Gasteiger partial charge in [-0.3, -0.25) is 4.79 Å². The lowest BCUT2D eigenvalue weighted by atomic mass is 10.1. The van der Waals surface area contributed by atoms with Crippen molar-refractivity contribution in [3.05, 3.63) is 0 Å². The monoisotopic (exact) mass is 156 g/mol. The Bertz CT molecular complexity index is 93.6. The minimum atomic E-state index is 0.854. The van der Waals surface area contributed by atoms with Crippen LogP contribution in [0.5, 0.6) is 0 Å². The van der Waals surface area contributed by atoms with Crippen molar-refractivity contribution in [2.24, 2.45) is 0 Å². The third-order valence-corrected chi connectivity index (χ3v) is 1.75. The van der Waals surface area contributed by atoms with Gasteiger partial charge < -0.3 is 4.90 Å². The van der Waals surface area contributed by atoms with E-state index in [1.54, 1.807) is 11.9 Å². The highest BCUT2D eigenvalue weighted by molar-refractivity contribution is 5.47. The fourth-order valence-corrected chi connectivity index (χ4v) is 0.998. The van der Waals surface area contributed by atoms with Crippen LogP contribution in [0.15, 0.2) is 0 Å². The lowest BCUT2D eigenvalue weighted by Crippen LogP contribution is -2.16. The molecule has 0 fully saturated rings. The third-order valence-electron chi connectivity index (χ3n) is 1.75.